The standard InChI is InChI=1S/C21H23N3O2/c1-15-6-5-7-20(18(15)14-25)26-17-10-8-16(9-11-17)19-12-22-21(24(19)4)13-23(2)3/h5-12,14H,13H2,1-4H3. The van der Waals surface area contributed by atoms with Gasteiger partial charge in [0.2, 0.25) is 0 Å². The molecule has 0 spiro atoms. The number of nitrogens with zero attached hydrogens (tertiary/aromatic N) is 3. The topological polar surface area (TPSA) is 47.4 Å². The number of carbonyl (C=O) groups excluding carboxylic acids is 1. The summed E-state index contributed by atoms with van der Waals surface area (Å²) >= 11 is 0. The van der Waals surface area contributed by atoms with E-state index in [1.54, 1.807) is 6.07 Å². The first-order valence-electron chi connectivity index (χ1n) is 8.48. The van der Waals surface area contributed by atoms with Gasteiger partial charge in [-0.05, 0) is 56.9 Å². The van der Waals surface area contributed by atoms with Crippen LogP contribution in [0.5, 0.6) is 11.5 Å². The number of imidazole rings is 1. The van der Waals surface area contributed by atoms with Gasteiger partial charge in [-0.15, -0.1) is 0 Å². The SMILES string of the molecule is Cc1cccc(Oc2ccc(-c3cnc(CN(C)C)n3C)cc2)c1C=O. The Balaban J connectivity index is 1.83. The average molecular weight is 349 g/mol. The number of ether oxygens (including phenoxy) is 1. The summed E-state index contributed by atoms with van der Waals surface area (Å²) in [7, 11) is 6.08. The largest absolute Gasteiger partial charge is 0.457 e. The molecule has 0 N–H and O–H groups in total. The van der Waals surface area contributed by atoms with Gasteiger partial charge in [0.05, 0.1) is 24.0 Å². The van der Waals surface area contributed by atoms with Crippen LogP contribution in [-0.4, -0.2) is 34.8 Å². The molecule has 5 nitrogen and oxygen atoms in total. The van der Waals surface area contributed by atoms with E-state index in [1.165, 1.54) is 0 Å². The lowest BCUT2D eigenvalue weighted by Gasteiger charge is -2.12. The smallest absolute Gasteiger partial charge is 0.154 e. The molecule has 0 unspecified atom stereocenters. The number of aryl methyl sites for hydroxylation is 1. The second kappa shape index (κ2) is 7.54. The molecule has 1 heterocycles. The quantitative estimate of drug-likeness (QED) is 0.630. The van der Waals surface area contributed by atoms with Crippen LogP contribution in [0.15, 0.2) is 48.7 Å². The molecule has 3 aromatic rings. The third-order valence-corrected chi connectivity index (χ3v) is 4.32. The van der Waals surface area contributed by atoms with E-state index in [1.807, 2.05) is 70.7 Å². The molecule has 0 saturated heterocycles. The molecule has 0 fully saturated rings. The van der Waals surface area contributed by atoms with Crippen LogP contribution in [-0.2, 0) is 13.6 Å². The molecular formula is C21H23N3O2. The highest BCUT2D eigenvalue weighted by Crippen LogP contribution is 2.29. The van der Waals surface area contributed by atoms with E-state index in [0.717, 1.165) is 35.5 Å². The van der Waals surface area contributed by atoms with Crippen molar-refractivity contribution in [1.82, 2.24) is 14.5 Å². The van der Waals surface area contributed by atoms with Crippen molar-refractivity contribution in [2.75, 3.05) is 14.1 Å². The number of hydrogen-bond acceptors (Lipinski definition) is 4. The summed E-state index contributed by atoms with van der Waals surface area (Å²) in [5.74, 6) is 2.28. The first-order valence-corrected chi connectivity index (χ1v) is 8.48. The predicted molar refractivity (Wildman–Crippen MR) is 103 cm³/mol. The normalized spacial score (nSPS) is 11.0. The molecule has 1 aromatic heterocycles. The molecular weight excluding hydrogens is 326 g/mol. The third-order valence-electron chi connectivity index (χ3n) is 4.32. The highest BCUT2D eigenvalue weighted by Gasteiger charge is 2.10. The highest BCUT2D eigenvalue weighted by molar-refractivity contribution is 5.81. The van der Waals surface area contributed by atoms with Gasteiger partial charge in [-0.25, -0.2) is 4.98 Å². The summed E-state index contributed by atoms with van der Waals surface area (Å²) in [6.45, 7) is 2.69. The van der Waals surface area contributed by atoms with E-state index in [4.69, 9.17) is 4.74 Å². The van der Waals surface area contributed by atoms with Gasteiger partial charge in [-0.1, -0.05) is 12.1 Å². The zero-order valence-electron chi connectivity index (χ0n) is 15.6. The Hall–Kier alpha value is -2.92. The average Bonchev–Trinajstić information content (AvgIpc) is 2.96. The number of benzene rings is 2. The van der Waals surface area contributed by atoms with E-state index in [2.05, 4.69) is 14.5 Å². The lowest BCUT2D eigenvalue weighted by Crippen LogP contribution is -2.14. The molecule has 0 saturated carbocycles. The van der Waals surface area contributed by atoms with Crippen molar-refractivity contribution in [2.24, 2.45) is 7.05 Å². The maximum Gasteiger partial charge on any atom is 0.154 e. The van der Waals surface area contributed by atoms with E-state index >= 15 is 0 Å². The van der Waals surface area contributed by atoms with Gasteiger partial charge in [-0.3, -0.25) is 4.79 Å². The molecule has 2 aromatic carbocycles. The van der Waals surface area contributed by atoms with Crippen LogP contribution in [0.2, 0.25) is 0 Å². The monoisotopic (exact) mass is 349 g/mol. The first kappa shape index (κ1) is 17.9. The maximum atomic E-state index is 11.3. The molecule has 5 heteroatoms. The summed E-state index contributed by atoms with van der Waals surface area (Å²) in [5.41, 5.74) is 3.60. The second-order valence-corrected chi connectivity index (χ2v) is 6.59. The molecule has 0 aliphatic carbocycles. The highest BCUT2D eigenvalue weighted by atomic mass is 16.5. The summed E-state index contributed by atoms with van der Waals surface area (Å²) in [4.78, 5) is 17.9. The number of carbonyl (C=O) groups is 1. The van der Waals surface area contributed by atoms with Crippen molar-refractivity contribution in [3.05, 3.63) is 65.6 Å². The van der Waals surface area contributed by atoms with Crippen molar-refractivity contribution in [1.29, 1.82) is 0 Å². The van der Waals surface area contributed by atoms with Gasteiger partial charge >= 0.3 is 0 Å². The second-order valence-electron chi connectivity index (χ2n) is 6.59. The zero-order valence-corrected chi connectivity index (χ0v) is 15.6. The minimum Gasteiger partial charge on any atom is -0.457 e. The van der Waals surface area contributed by atoms with Crippen LogP contribution >= 0.6 is 0 Å². The van der Waals surface area contributed by atoms with Gasteiger partial charge in [0.15, 0.2) is 6.29 Å². The van der Waals surface area contributed by atoms with Crippen molar-refractivity contribution >= 4 is 6.29 Å². The van der Waals surface area contributed by atoms with Gasteiger partial charge in [0, 0.05) is 12.6 Å². The molecule has 0 aliphatic rings. The van der Waals surface area contributed by atoms with Crippen LogP contribution < -0.4 is 4.74 Å². The fourth-order valence-electron chi connectivity index (χ4n) is 2.86. The van der Waals surface area contributed by atoms with Gasteiger partial charge in [0.25, 0.3) is 0 Å². The summed E-state index contributed by atoms with van der Waals surface area (Å²) in [6, 6.07) is 13.4. The Kier molecular flexibility index (Phi) is 5.19. The van der Waals surface area contributed by atoms with Crippen LogP contribution in [0.1, 0.15) is 21.7 Å². The number of aromatic nitrogens is 2. The van der Waals surface area contributed by atoms with E-state index in [-0.39, 0.29) is 0 Å². The number of rotatable bonds is 6. The Bertz CT molecular complexity index is 912. The van der Waals surface area contributed by atoms with Gasteiger partial charge in [-0.2, -0.15) is 0 Å². The van der Waals surface area contributed by atoms with Gasteiger partial charge in [0.1, 0.15) is 17.3 Å². The van der Waals surface area contributed by atoms with Crippen molar-refractivity contribution in [3.63, 3.8) is 0 Å². The number of aldehydes is 1. The lowest BCUT2D eigenvalue weighted by atomic mass is 10.1. The molecule has 0 aliphatic heterocycles. The van der Waals surface area contributed by atoms with Crippen LogP contribution in [0.25, 0.3) is 11.3 Å². The molecule has 0 radical (unpaired) electrons. The minimum absolute atomic E-state index is 0.571. The Morgan fingerprint density at radius 2 is 1.88 bits per heavy atom. The molecule has 134 valence electrons. The lowest BCUT2D eigenvalue weighted by molar-refractivity contribution is 0.112. The van der Waals surface area contributed by atoms with Crippen LogP contribution in [0.3, 0.4) is 0 Å². The Labute approximate surface area is 153 Å². The van der Waals surface area contributed by atoms with Crippen molar-refractivity contribution in [3.8, 4) is 22.8 Å². The number of hydrogen-bond donors (Lipinski definition) is 0. The third kappa shape index (κ3) is 3.68. The summed E-state index contributed by atoms with van der Waals surface area (Å²) < 4.78 is 8.00. The molecule has 3 rings (SSSR count). The fourth-order valence-corrected chi connectivity index (χ4v) is 2.86. The zero-order chi connectivity index (χ0) is 18.7. The maximum absolute atomic E-state index is 11.3. The van der Waals surface area contributed by atoms with Crippen molar-refractivity contribution in [2.45, 2.75) is 13.5 Å². The minimum atomic E-state index is 0.571. The van der Waals surface area contributed by atoms with E-state index < -0.39 is 0 Å². The van der Waals surface area contributed by atoms with E-state index in [0.29, 0.717) is 17.1 Å². The molecule has 0 bridgehead atoms. The van der Waals surface area contributed by atoms with Gasteiger partial charge < -0.3 is 14.2 Å². The Morgan fingerprint density at radius 1 is 1.15 bits per heavy atom. The molecule has 0 atom stereocenters. The predicted octanol–water partition coefficient (Wildman–Crippen LogP) is 4.06. The molecule has 0 amide bonds. The van der Waals surface area contributed by atoms with E-state index in [9.17, 15) is 4.79 Å². The Morgan fingerprint density at radius 3 is 2.54 bits per heavy atom. The van der Waals surface area contributed by atoms with Crippen molar-refractivity contribution < 1.29 is 9.53 Å². The fraction of sp³-hybridized carbons (Fsp3) is 0.238. The molecule has 26 heavy (non-hydrogen) atoms. The van der Waals surface area contributed by atoms with Crippen LogP contribution in [0.4, 0.5) is 0 Å². The summed E-state index contributed by atoms with van der Waals surface area (Å²) in [6.07, 6.45) is 2.72. The van der Waals surface area contributed by atoms with Crippen LogP contribution in [0, 0.1) is 6.92 Å². The first-order chi connectivity index (χ1) is 12.5. The summed E-state index contributed by atoms with van der Waals surface area (Å²) in [5, 5.41) is 0.